The van der Waals surface area contributed by atoms with E-state index in [1.807, 2.05) is 0 Å². The molecule has 4 heteroatoms. The molecule has 0 aliphatic heterocycles. The molecule has 1 rings (SSSR count). The van der Waals surface area contributed by atoms with Gasteiger partial charge in [0.05, 0.1) is 6.10 Å². The summed E-state index contributed by atoms with van der Waals surface area (Å²) in [6.45, 7) is 8.50. The molecule has 1 aliphatic carbocycles. The Balaban J connectivity index is 2.48. The van der Waals surface area contributed by atoms with Gasteiger partial charge in [0, 0.05) is 6.10 Å². The highest BCUT2D eigenvalue weighted by molar-refractivity contribution is 7.17. The van der Waals surface area contributed by atoms with Crippen molar-refractivity contribution in [2.24, 2.45) is 0 Å². The summed E-state index contributed by atoms with van der Waals surface area (Å²) in [5, 5.41) is 9.47. The quantitative estimate of drug-likeness (QED) is 0.601. The van der Waals surface area contributed by atoms with Gasteiger partial charge in [0.25, 0.3) is 7.63 Å². The molecular formula is C11H23ClO2Si. The van der Waals surface area contributed by atoms with Gasteiger partial charge in [-0.05, 0) is 37.3 Å². The lowest BCUT2D eigenvalue weighted by atomic mass is 9.95. The molecule has 2 nitrogen and oxygen atoms in total. The normalized spacial score (nSPS) is 32.4. The number of aliphatic hydroxyl groups excluding tert-OH is 1. The van der Waals surface area contributed by atoms with Crippen molar-refractivity contribution in [1.82, 2.24) is 0 Å². The van der Waals surface area contributed by atoms with E-state index in [-0.39, 0.29) is 17.2 Å². The van der Waals surface area contributed by atoms with Gasteiger partial charge in [0.2, 0.25) is 0 Å². The van der Waals surface area contributed by atoms with Crippen molar-refractivity contribution in [3.63, 3.8) is 0 Å². The van der Waals surface area contributed by atoms with E-state index < -0.39 is 7.63 Å². The maximum Gasteiger partial charge on any atom is 0.292 e. The smallest absolute Gasteiger partial charge is 0.292 e. The summed E-state index contributed by atoms with van der Waals surface area (Å²) in [6, 6.07) is 0. The molecule has 0 saturated heterocycles. The average Bonchev–Trinajstić information content (AvgIpc) is 2.06. The first kappa shape index (κ1) is 13.5. The summed E-state index contributed by atoms with van der Waals surface area (Å²) in [4.78, 5) is 0. The Morgan fingerprint density at radius 3 is 2.07 bits per heavy atom. The minimum Gasteiger partial charge on any atom is -0.400 e. The van der Waals surface area contributed by atoms with E-state index >= 15 is 0 Å². The van der Waals surface area contributed by atoms with E-state index in [0.717, 1.165) is 25.7 Å². The van der Waals surface area contributed by atoms with Crippen LogP contribution in [0.1, 0.15) is 46.5 Å². The van der Waals surface area contributed by atoms with Crippen LogP contribution in [0.2, 0.25) is 11.6 Å². The molecule has 0 bridgehead atoms. The second-order valence-corrected chi connectivity index (χ2v) is 11.4. The topological polar surface area (TPSA) is 29.5 Å². The minimum atomic E-state index is -2.12. The highest BCUT2D eigenvalue weighted by Gasteiger charge is 2.42. The third-order valence-corrected chi connectivity index (χ3v) is 8.79. The van der Waals surface area contributed by atoms with Crippen molar-refractivity contribution >= 4 is 18.7 Å². The molecule has 0 aromatic carbocycles. The first-order valence-electron chi connectivity index (χ1n) is 5.77. The van der Waals surface area contributed by atoms with Crippen LogP contribution in [0.5, 0.6) is 0 Å². The summed E-state index contributed by atoms with van der Waals surface area (Å²) < 4.78 is 6.08. The fourth-order valence-electron chi connectivity index (χ4n) is 1.65. The molecule has 1 saturated carbocycles. The summed E-state index contributed by atoms with van der Waals surface area (Å²) >= 11 is 6.54. The standard InChI is InChI=1S/C11H23ClO2Si/c1-11(2,3)15(4,12)14-10-7-5-9(13)6-8-10/h9-10,13H,5-8H2,1-4H3. The van der Waals surface area contributed by atoms with E-state index in [4.69, 9.17) is 15.5 Å². The van der Waals surface area contributed by atoms with Gasteiger partial charge in [-0.2, -0.15) is 0 Å². The van der Waals surface area contributed by atoms with Crippen LogP contribution in [0.25, 0.3) is 0 Å². The molecule has 1 unspecified atom stereocenters. The molecule has 0 aromatic rings. The van der Waals surface area contributed by atoms with Gasteiger partial charge in [0.15, 0.2) is 0 Å². The van der Waals surface area contributed by atoms with Crippen molar-refractivity contribution in [3.8, 4) is 0 Å². The molecule has 90 valence electrons. The van der Waals surface area contributed by atoms with Crippen molar-refractivity contribution in [3.05, 3.63) is 0 Å². The summed E-state index contributed by atoms with van der Waals surface area (Å²) in [7, 11) is -2.12. The molecule has 1 aliphatic rings. The van der Waals surface area contributed by atoms with E-state index in [0.29, 0.717) is 0 Å². The lowest BCUT2D eigenvalue weighted by Crippen LogP contribution is -2.43. The van der Waals surface area contributed by atoms with Gasteiger partial charge in [0.1, 0.15) is 0 Å². The Kier molecular flexibility index (Phi) is 4.26. The highest BCUT2D eigenvalue weighted by Crippen LogP contribution is 2.41. The van der Waals surface area contributed by atoms with Crippen molar-refractivity contribution < 1.29 is 9.53 Å². The SMILES string of the molecule is CC(C)(C)[Si](C)(Cl)OC1CCC(O)CC1. The number of rotatable bonds is 2. The molecule has 15 heavy (non-hydrogen) atoms. The monoisotopic (exact) mass is 250 g/mol. The van der Waals surface area contributed by atoms with Gasteiger partial charge >= 0.3 is 0 Å². The molecule has 0 amide bonds. The third kappa shape index (κ3) is 3.73. The Bertz CT molecular complexity index is 205. The second kappa shape index (κ2) is 4.74. The zero-order valence-corrected chi connectivity index (χ0v) is 12.0. The Morgan fingerprint density at radius 2 is 1.67 bits per heavy atom. The van der Waals surface area contributed by atoms with E-state index in [2.05, 4.69) is 27.3 Å². The van der Waals surface area contributed by atoms with Crippen LogP contribution in [-0.2, 0) is 4.43 Å². The maximum atomic E-state index is 9.41. The fraction of sp³-hybridized carbons (Fsp3) is 1.00. The zero-order chi connectivity index (χ0) is 11.7. The third-order valence-electron chi connectivity index (χ3n) is 3.37. The largest absolute Gasteiger partial charge is 0.400 e. The first-order chi connectivity index (χ1) is 6.72. The van der Waals surface area contributed by atoms with Crippen LogP contribution in [0.3, 0.4) is 0 Å². The van der Waals surface area contributed by atoms with E-state index in [9.17, 15) is 5.11 Å². The lowest BCUT2D eigenvalue weighted by Gasteiger charge is -2.38. The van der Waals surface area contributed by atoms with Crippen LogP contribution in [0, 0.1) is 0 Å². The van der Waals surface area contributed by atoms with Gasteiger partial charge in [-0.15, -0.1) is 11.1 Å². The Hall–Kier alpha value is 0.427. The highest BCUT2D eigenvalue weighted by atomic mass is 35.6. The predicted molar refractivity (Wildman–Crippen MR) is 66.5 cm³/mol. The number of hydrogen-bond acceptors (Lipinski definition) is 2. The molecular weight excluding hydrogens is 228 g/mol. The molecule has 0 spiro atoms. The van der Waals surface area contributed by atoms with E-state index in [1.165, 1.54) is 0 Å². The number of aliphatic hydroxyl groups is 1. The molecule has 0 radical (unpaired) electrons. The van der Waals surface area contributed by atoms with Crippen LogP contribution in [0.15, 0.2) is 0 Å². The molecule has 0 aromatic heterocycles. The maximum absolute atomic E-state index is 9.41. The lowest BCUT2D eigenvalue weighted by molar-refractivity contribution is 0.0619. The number of halogens is 1. The molecule has 1 fully saturated rings. The predicted octanol–water partition coefficient (Wildman–Crippen LogP) is 3.42. The van der Waals surface area contributed by atoms with Gasteiger partial charge in [-0.1, -0.05) is 20.8 Å². The minimum absolute atomic E-state index is 0.0601. The second-order valence-electron chi connectivity index (χ2n) is 5.72. The van der Waals surface area contributed by atoms with Gasteiger partial charge in [-0.3, -0.25) is 0 Å². The van der Waals surface area contributed by atoms with Crippen LogP contribution in [-0.4, -0.2) is 24.9 Å². The van der Waals surface area contributed by atoms with Crippen molar-refractivity contribution in [2.75, 3.05) is 0 Å². The van der Waals surface area contributed by atoms with Crippen molar-refractivity contribution in [1.29, 1.82) is 0 Å². The molecule has 0 heterocycles. The molecule has 1 atom stereocenters. The van der Waals surface area contributed by atoms with Crippen molar-refractivity contribution in [2.45, 2.75) is 70.2 Å². The zero-order valence-electron chi connectivity index (χ0n) is 10.2. The van der Waals surface area contributed by atoms with E-state index in [1.54, 1.807) is 0 Å². The van der Waals surface area contributed by atoms with Gasteiger partial charge < -0.3 is 9.53 Å². The number of hydrogen-bond donors (Lipinski definition) is 1. The van der Waals surface area contributed by atoms with Crippen LogP contribution in [0.4, 0.5) is 0 Å². The Labute approximate surface area is 98.8 Å². The van der Waals surface area contributed by atoms with Crippen LogP contribution < -0.4 is 0 Å². The summed E-state index contributed by atoms with van der Waals surface area (Å²) in [6.07, 6.45) is 3.76. The summed E-state index contributed by atoms with van der Waals surface area (Å²) in [5.41, 5.74) is 0. The van der Waals surface area contributed by atoms with Crippen LogP contribution >= 0.6 is 11.1 Å². The van der Waals surface area contributed by atoms with Gasteiger partial charge in [-0.25, -0.2) is 0 Å². The first-order valence-corrected chi connectivity index (χ1v) is 9.19. The average molecular weight is 251 g/mol. The fourth-order valence-corrected chi connectivity index (χ4v) is 3.25. The Morgan fingerprint density at radius 1 is 1.20 bits per heavy atom. The molecule has 1 N–H and O–H groups in total. The summed E-state index contributed by atoms with van der Waals surface area (Å²) in [5.74, 6) is 0.